The molecular formula is C21H25N3O2. The van der Waals surface area contributed by atoms with Crippen molar-refractivity contribution in [2.24, 2.45) is 16.8 Å². The molecule has 3 aliphatic rings. The summed E-state index contributed by atoms with van der Waals surface area (Å²) < 4.78 is 7.22. The molecular weight excluding hydrogens is 326 g/mol. The number of rotatable bonds is 4. The lowest BCUT2D eigenvalue weighted by Gasteiger charge is -2.27. The van der Waals surface area contributed by atoms with Gasteiger partial charge in [0.15, 0.2) is 0 Å². The van der Waals surface area contributed by atoms with E-state index >= 15 is 0 Å². The molecule has 2 atom stereocenters. The first kappa shape index (κ1) is 16.9. The smallest absolute Gasteiger partial charge is 0.407 e. The van der Waals surface area contributed by atoms with E-state index in [1.54, 1.807) is 0 Å². The second-order valence-corrected chi connectivity index (χ2v) is 7.03. The van der Waals surface area contributed by atoms with Gasteiger partial charge in [-0.2, -0.15) is 0 Å². The maximum Gasteiger partial charge on any atom is 0.407 e. The SMILES string of the molecule is CCOC(=O)NCCC1C=CC2=C(N=CC3=CCCc4ccn2c43)C1C. The number of carbonyl (C=O) groups is 1. The molecule has 0 bridgehead atoms. The van der Waals surface area contributed by atoms with Gasteiger partial charge in [0.2, 0.25) is 0 Å². The molecule has 1 aromatic rings. The van der Waals surface area contributed by atoms with E-state index in [1.807, 2.05) is 13.1 Å². The van der Waals surface area contributed by atoms with Gasteiger partial charge in [-0.3, -0.25) is 4.99 Å². The first-order valence-corrected chi connectivity index (χ1v) is 9.47. The Morgan fingerprint density at radius 2 is 2.35 bits per heavy atom. The van der Waals surface area contributed by atoms with Gasteiger partial charge in [0.25, 0.3) is 0 Å². The van der Waals surface area contributed by atoms with Crippen LogP contribution in [0, 0.1) is 11.8 Å². The molecule has 5 nitrogen and oxygen atoms in total. The number of hydrogen-bond acceptors (Lipinski definition) is 3. The Bertz CT molecular complexity index is 841. The average molecular weight is 351 g/mol. The maximum absolute atomic E-state index is 11.5. The van der Waals surface area contributed by atoms with E-state index in [4.69, 9.17) is 9.73 Å². The largest absolute Gasteiger partial charge is 0.450 e. The number of hydrogen-bond donors (Lipinski definition) is 1. The monoisotopic (exact) mass is 351 g/mol. The number of ether oxygens (including phenoxy) is 1. The normalized spacial score (nSPS) is 23.1. The summed E-state index contributed by atoms with van der Waals surface area (Å²) in [6.45, 7) is 5.04. The Hall–Kier alpha value is -2.56. The van der Waals surface area contributed by atoms with Crippen LogP contribution < -0.4 is 5.32 Å². The van der Waals surface area contributed by atoms with Crippen LogP contribution >= 0.6 is 0 Å². The van der Waals surface area contributed by atoms with Crippen LogP contribution in [-0.2, 0) is 11.2 Å². The van der Waals surface area contributed by atoms with E-state index in [0.717, 1.165) is 25.0 Å². The first-order chi connectivity index (χ1) is 12.7. The fourth-order valence-corrected chi connectivity index (χ4v) is 4.09. The van der Waals surface area contributed by atoms with E-state index in [2.05, 4.69) is 47.3 Å². The van der Waals surface area contributed by atoms with Crippen LogP contribution in [0.3, 0.4) is 0 Å². The molecule has 0 spiro atoms. The molecule has 136 valence electrons. The van der Waals surface area contributed by atoms with Crippen LogP contribution in [0.5, 0.6) is 0 Å². The van der Waals surface area contributed by atoms with Crippen molar-refractivity contribution < 1.29 is 9.53 Å². The molecule has 2 unspecified atom stereocenters. The number of amides is 1. The number of alkyl carbamates (subject to hydrolysis) is 1. The Kier molecular flexibility index (Phi) is 4.53. The second kappa shape index (κ2) is 6.98. The van der Waals surface area contributed by atoms with Crippen LogP contribution in [-0.4, -0.2) is 30.0 Å². The van der Waals surface area contributed by atoms with Crippen molar-refractivity contribution in [3.8, 4) is 0 Å². The molecule has 1 aromatic heterocycles. The lowest BCUT2D eigenvalue weighted by atomic mass is 9.84. The van der Waals surface area contributed by atoms with Crippen molar-refractivity contribution in [1.29, 1.82) is 0 Å². The summed E-state index contributed by atoms with van der Waals surface area (Å²) in [5.74, 6) is 0.649. The number of carbonyl (C=O) groups excluding carboxylic acids is 1. The van der Waals surface area contributed by atoms with Gasteiger partial charge in [-0.05, 0) is 49.8 Å². The minimum Gasteiger partial charge on any atom is -0.450 e. The zero-order chi connectivity index (χ0) is 18.1. The van der Waals surface area contributed by atoms with Crippen molar-refractivity contribution in [2.45, 2.75) is 33.1 Å². The standard InChI is InChI=1S/C21H25N3O2/c1-3-26-21(25)22-11-9-15-7-8-18-19(14(15)2)23-13-17-6-4-5-16-10-12-24(18)20(16)17/h6-8,10,12-15H,3-5,9,11H2,1-2H3,(H,22,25). The summed E-state index contributed by atoms with van der Waals surface area (Å²) in [6, 6.07) is 2.24. The molecule has 2 aliphatic carbocycles. The van der Waals surface area contributed by atoms with Crippen LogP contribution in [0.4, 0.5) is 4.79 Å². The maximum atomic E-state index is 11.5. The Morgan fingerprint density at radius 3 is 3.19 bits per heavy atom. The number of aliphatic imine (C=N–C) groups is 1. The molecule has 0 saturated carbocycles. The molecule has 1 aliphatic heterocycles. The molecule has 26 heavy (non-hydrogen) atoms. The number of aryl methyl sites for hydroxylation is 1. The van der Waals surface area contributed by atoms with Gasteiger partial charge in [0, 0.05) is 30.4 Å². The molecule has 1 N–H and O–H groups in total. The minimum absolute atomic E-state index is 0.300. The van der Waals surface area contributed by atoms with Gasteiger partial charge < -0.3 is 14.6 Å². The van der Waals surface area contributed by atoms with Gasteiger partial charge in [0.05, 0.1) is 23.7 Å². The van der Waals surface area contributed by atoms with Crippen molar-refractivity contribution in [3.05, 3.63) is 47.4 Å². The summed E-state index contributed by atoms with van der Waals surface area (Å²) in [5.41, 5.74) is 6.23. The van der Waals surface area contributed by atoms with Crippen molar-refractivity contribution in [2.75, 3.05) is 13.2 Å². The topological polar surface area (TPSA) is 55.6 Å². The molecule has 1 amide bonds. The number of allylic oxidation sites excluding steroid dienone is 6. The molecule has 5 heteroatoms. The number of nitrogens with zero attached hydrogens (tertiary/aromatic N) is 2. The average Bonchev–Trinajstić information content (AvgIpc) is 2.99. The van der Waals surface area contributed by atoms with Gasteiger partial charge in [-0.15, -0.1) is 0 Å². The second-order valence-electron chi connectivity index (χ2n) is 7.03. The molecule has 4 rings (SSSR count). The third kappa shape index (κ3) is 2.91. The van der Waals surface area contributed by atoms with Crippen LogP contribution in [0.1, 0.15) is 37.9 Å². The quantitative estimate of drug-likeness (QED) is 0.890. The van der Waals surface area contributed by atoms with Crippen molar-refractivity contribution >= 4 is 23.6 Å². The van der Waals surface area contributed by atoms with Crippen molar-refractivity contribution in [1.82, 2.24) is 9.88 Å². The summed E-state index contributed by atoms with van der Waals surface area (Å²) >= 11 is 0. The third-order valence-electron chi connectivity index (χ3n) is 5.48. The van der Waals surface area contributed by atoms with Gasteiger partial charge in [-0.1, -0.05) is 19.1 Å². The lowest BCUT2D eigenvalue weighted by molar-refractivity contribution is 0.151. The zero-order valence-electron chi connectivity index (χ0n) is 15.4. The van der Waals surface area contributed by atoms with E-state index in [1.165, 1.54) is 22.5 Å². The fourth-order valence-electron chi connectivity index (χ4n) is 4.09. The van der Waals surface area contributed by atoms with Crippen LogP contribution in [0.25, 0.3) is 11.3 Å². The highest BCUT2D eigenvalue weighted by Crippen LogP contribution is 2.39. The predicted octanol–water partition coefficient (Wildman–Crippen LogP) is 4.03. The molecule has 0 fully saturated rings. The van der Waals surface area contributed by atoms with Gasteiger partial charge >= 0.3 is 6.09 Å². The number of aromatic nitrogens is 1. The molecule has 0 saturated heterocycles. The molecule has 2 heterocycles. The third-order valence-corrected chi connectivity index (χ3v) is 5.48. The van der Waals surface area contributed by atoms with Crippen LogP contribution in [0.2, 0.25) is 0 Å². The van der Waals surface area contributed by atoms with E-state index in [9.17, 15) is 4.79 Å². The lowest BCUT2D eigenvalue weighted by Crippen LogP contribution is -2.28. The summed E-state index contributed by atoms with van der Waals surface area (Å²) in [5, 5.41) is 2.82. The van der Waals surface area contributed by atoms with E-state index in [0.29, 0.717) is 25.0 Å². The Morgan fingerprint density at radius 1 is 1.46 bits per heavy atom. The zero-order valence-corrected chi connectivity index (χ0v) is 15.4. The highest BCUT2D eigenvalue weighted by atomic mass is 16.5. The fraction of sp³-hybridized carbons (Fsp3) is 0.429. The minimum atomic E-state index is -0.343. The number of nitrogens with one attached hydrogen (secondary N) is 1. The summed E-state index contributed by atoms with van der Waals surface area (Å²) in [7, 11) is 0. The van der Waals surface area contributed by atoms with Gasteiger partial charge in [0.1, 0.15) is 0 Å². The first-order valence-electron chi connectivity index (χ1n) is 9.47. The highest BCUT2D eigenvalue weighted by Gasteiger charge is 2.29. The number of fused-ring (bicyclic) bond motifs is 1. The van der Waals surface area contributed by atoms with Crippen molar-refractivity contribution in [3.63, 3.8) is 0 Å². The Balaban J connectivity index is 1.54. The summed E-state index contributed by atoms with van der Waals surface area (Å²) in [4.78, 5) is 16.3. The van der Waals surface area contributed by atoms with E-state index < -0.39 is 0 Å². The van der Waals surface area contributed by atoms with Gasteiger partial charge in [-0.25, -0.2) is 4.79 Å². The Labute approximate surface area is 154 Å². The highest BCUT2D eigenvalue weighted by molar-refractivity contribution is 6.12. The molecule has 0 radical (unpaired) electrons. The summed E-state index contributed by atoms with van der Waals surface area (Å²) in [6.07, 6.45) is 13.7. The van der Waals surface area contributed by atoms with E-state index in [-0.39, 0.29) is 6.09 Å². The predicted molar refractivity (Wildman–Crippen MR) is 104 cm³/mol. The van der Waals surface area contributed by atoms with Crippen LogP contribution in [0.15, 0.2) is 41.2 Å². The molecule has 0 aromatic carbocycles.